The van der Waals surface area contributed by atoms with Gasteiger partial charge in [0.25, 0.3) is 5.91 Å². The maximum Gasteiger partial charge on any atom is 0.262 e. The Morgan fingerprint density at radius 2 is 1.65 bits per heavy atom. The third-order valence-electron chi connectivity index (χ3n) is 6.67. The van der Waals surface area contributed by atoms with E-state index in [4.69, 9.17) is 13.9 Å². The Morgan fingerprint density at radius 3 is 2.33 bits per heavy atom. The minimum atomic E-state index is -3.86. The topological polar surface area (TPSA) is 122 Å². The fourth-order valence-corrected chi connectivity index (χ4v) is 5.74. The summed E-state index contributed by atoms with van der Waals surface area (Å²) in [6, 6.07) is 26.6. The van der Waals surface area contributed by atoms with Gasteiger partial charge in [-0.3, -0.25) is 4.79 Å². The first kappa shape index (κ1) is 31.1. The van der Waals surface area contributed by atoms with E-state index in [0.29, 0.717) is 30.2 Å². The molecule has 43 heavy (non-hydrogen) atoms. The molecule has 1 aromatic heterocycles. The molecule has 4 rings (SSSR count). The van der Waals surface area contributed by atoms with Crippen LogP contribution < -0.4 is 14.8 Å². The van der Waals surface area contributed by atoms with Crippen LogP contribution in [-0.2, 0) is 34.3 Å². The first-order valence-electron chi connectivity index (χ1n) is 13.5. The number of furan rings is 1. The molecule has 3 aromatic carbocycles. The lowest BCUT2D eigenvalue weighted by molar-refractivity contribution is -0.117. The van der Waals surface area contributed by atoms with E-state index >= 15 is 0 Å². The van der Waals surface area contributed by atoms with Crippen molar-refractivity contribution < 1.29 is 27.1 Å². The van der Waals surface area contributed by atoms with E-state index in [2.05, 4.69) is 5.32 Å². The summed E-state index contributed by atoms with van der Waals surface area (Å²) >= 11 is 0. The molecule has 0 aliphatic rings. The molecule has 0 radical (unpaired) electrons. The second kappa shape index (κ2) is 14.4. The Bertz CT molecular complexity index is 1720. The van der Waals surface area contributed by atoms with E-state index in [0.717, 1.165) is 16.7 Å². The fourth-order valence-electron chi connectivity index (χ4n) is 4.35. The average Bonchev–Trinajstić information content (AvgIpc) is 3.46. The first-order chi connectivity index (χ1) is 20.7. The molecule has 0 unspecified atom stereocenters. The van der Waals surface area contributed by atoms with Gasteiger partial charge in [0, 0.05) is 19.2 Å². The maximum atomic E-state index is 13.6. The number of carbonyl (C=O) groups is 1. The molecule has 0 fully saturated rings. The molecule has 0 bridgehead atoms. The number of nitrogens with one attached hydrogen (secondary N) is 1. The van der Waals surface area contributed by atoms with Crippen LogP contribution in [0.15, 0.2) is 99.8 Å². The number of sulfonamides is 1. The molecule has 0 aliphatic carbocycles. The lowest BCUT2D eigenvalue weighted by atomic mass is 10.1. The van der Waals surface area contributed by atoms with Crippen LogP contribution in [0.4, 0.5) is 0 Å². The van der Waals surface area contributed by atoms with Crippen molar-refractivity contribution in [3.63, 3.8) is 0 Å². The van der Waals surface area contributed by atoms with E-state index in [9.17, 15) is 18.5 Å². The monoisotopic (exact) mass is 599 g/mol. The molecule has 0 aliphatic heterocycles. The highest BCUT2D eigenvalue weighted by Crippen LogP contribution is 2.28. The molecule has 0 atom stereocenters. The molecule has 0 saturated carbocycles. The fraction of sp³-hybridized carbons (Fsp3) is 0.212. The summed E-state index contributed by atoms with van der Waals surface area (Å²) in [7, 11) is -0.749. The summed E-state index contributed by atoms with van der Waals surface area (Å²) in [4.78, 5) is 12.9. The number of methoxy groups -OCH3 is 2. The van der Waals surface area contributed by atoms with Crippen LogP contribution in [0.25, 0.3) is 6.08 Å². The third kappa shape index (κ3) is 8.13. The first-order valence-corrected chi connectivity index (χ1v) is 15.0. The maximum absolute atomic E-state index is 13.6. The van der Waals surface area contributed by atoms with Gasteiger partial charge in [-0.25, -0.2) is 8.42 Å². The number of rotatable bonds is 13. The van der Waals surface area contributed by atoms with Crippen molar-refractivity contribution in [1.29, 1.82) is 5.26 Å². The van der Waals surface area contributed by atoms with Crippen LogP contribution >= 0.6 is 0 Å². The number of nitriles is 1. The average molecular weight is 600 g/mol. The minimum Gasteiger partial charge on any atom is -0.493 e. The Kier molecular flexibility index (Phi) is 10.4. The largest absolute Gasteiger partial charge is 0.493 e. The number of nitrogens with zero attached hydrogens (tertiary/aromatic N) is 2. The molecule has 1 N–H and O–H groups in total. The zero-order valence-electron chi connectivity index (χ0n) is 24.2. The lowest BCUT2D eigenvalue weighted by Gasteiger charge is -2.21. The summed E-state index contributed by atoms with van der Waals surface area (Å²) < 4.78 is 45.0. The number of carbonyl (C=O) groups excluding carboxylic acids is 1. The number of hydrogen-bond acceptors (Lipinski definition) is 7. The predicted molar refractivity (Wildman–Crippen MR) is 163 cm³/mol. The minimum absolute atomic E-state index is 0.0433. The van der Waals surface area contributed by atoms with Crippen molar-refractivity contribution in [3.05, 3.63) is 119 Å². The molecule has 1 amide bonds. The number of ether oxygens (including phenoxy) is 2. The van der Waals surface area contributed by atoms with Gasteiger partial charge in [-0.1, -0.05) is 54.1 Å². The summed E-state index contributed by atoms with van der Waals surface area (Å²) in [6.07, 6.45) is 1.85. The van der Waals surface area contributed by atoms with Gasteiger partial charge in [0.15, 0.2) is 11.5 Å². The zero-order chi connectivity index (χ0) is 30.8. The van der Waals surface area contributed by atoms with E-state index < -0.39 is 15.9 Å². The number of amides is 1. The summed E-state index contributed by atoms with van der Waals surface area (Å²) in [5, 5.41) is 12.4. The van der Waals surface area contributed by atoms with Crippen LogP contribution in [0.5, 0.6) is 11.5 Å². The van der Waals surface area contributed by atoms with Gasteiger partial charge >= 0.3 is 0 Å². The van der Waals surface area contributed by atoms with Gasteiger partial charge in [-0.05, 0) is 60.9 Å². The number of aryl methyl sites for hydroxylation is 1. The highest BCUT2D eigenvalue weighted by atomic mass is 32.2. The Labute approximate surface area is 252 Å². The lowest BCUT2D eigenvalue weighted by Crippen LogP contribution is -2.30. The van der Waals surface area contributed by atoms with Crippen molar-refractivity contribution in [2.24, 2.45) is 0 Å². The molecular weight excluding hydrogens is 566 g/mol. The van der Waals surface area contributed by atoms with Crippen molar-refractivity contribution in [3.8, 4) is 17.6 Å². The molecule has 222 valence electrons. The van der Waals surface area contributed by atoms with Crippen molar-refractivity contribution in [1.82, 2.24) is 9.62 Å². The molecule has 4 aromatic rings. The molecule has 10 heteroatoms. The summed E-state index contributed by atoms with van der Waals surface area (Å²) in [6.45, 7) is 2.28. The molecular formula is C33H33N3O6S. The zero-order valence-corrected chi connectivity index (χ0v) is 25.1. The van der Waals surface area contributed by atoms with Crippen LogP contribution in [0.3, 0.4) is 0 Å². The number of hydrogen-bond donors (Lipinski definition) is 1. The molecule has 9 nitrogen and oxygen atoms in total. The quantitative estimate of drug-likeness (QED) is 0.164. The highest BCUT2D eigenvalue weighted by molar-refractivity contribution is 7.89. The van der Waals surface area contributed by atoms with Gasteiger partial charge in [-0.2, -0.15) is 9.57 Å². The van der Waals surface area contributed by atoms with E-state index in [-0.39, 0.29) is 29.3 Å². The normalized spacial score (nSPS) is 11.7. The van der Waals surface area contributed by atoms with Crippen LogP contribution in [0, 0.1) is 18.3 Å². The van der Waals surface area contributed by atoms with E-state index in [1.165, 1.54) is 10.4 Å². The van der Waals surface area contributed by atoms with Crippen LogP contribution in [0.1, 0.15) is 28.2 Å². The molecule has 1 heterocycles. The second-order valence-corrected chi connectivity index (χ2v) is 11.7. The highest BCUT2D eigenvalue weighted by Gasteiger charge is 2.26. The van der Waals surface area contributed by atoms with Gasteiger partial charge in [-0.15, -0.1) is 0 Å². The van der Waals surface area contributed by atoms with Gasteiger partial charge < -0.3 is 19.2 Å². The number of benzene rings is 3. The van der Waals surface area contributed by atoms with Crippen molar-refractivity contribution in [2.75, 3.05) is 20.8 Å². The Hall–Kier alpha value is -4.85. The standard InChI is InChI=1S/C33H33N3O6S/c1-24-9-14-30(15-10-24)43(38,39)36(22-26-7-5-4-6-8-26)23-29-13-12-28(42-29)20-27(21-34)33(37)35-18-17-25-11-16-31(40-2)32(19-25)41-3/h4-16,19-20H,17-18,22-23H2,1-3H3,(H,35,37)/b27-20-. The second-order valence-electron chi connectivity index (χ2n) is 9.74. The van der Waals surface area contributed by atoms with Crippen molar-refractivity contribution >= 4 is 22.0 Å². The smallest absolute Gasteiger partial charge is 0.262 e. The Balaban J connectivity index is 1.46. The molecule has 0 saturated heterocycles. The van der Waals surface area contributed by atoms with Crippen LogP contribution in [-0.4, -0.2) is 39.4 Å². The molecule has 0 spiro atoms. The predicted octanol–water partition coefficient (Wildman–Crippen LogP) is 5.26. The van der Waals surface area contributed by atoms with E-state index in [1.807, 2.05) is 55.5 Å². The third-order valence-corrected chi connectivity index (χ3v) is 8.48. The Morgan fingerprint density at radius 1 is 0.930 bits per heavy atom. The van der Waals surface area contributed by atoms with Crippen LogP contribution in [0.2, 0.25) is 0 Å². The van der Waals surface area contributed by atoms with E-state index in [1.54, 1.807) is 56.7 Å². The summed E-state index contributed by atoms with van der Waals surface area (Å²) in [5.41, 5.74) is 2.56. The van der Waals surface area contributed by atoms with Gasteiger partial charge in [0.05, 0.1) is 25.7 Å². The van der Waals surface area contributed by atoms with Gasteiger partial charge in [0.1, 0.15) is 23.2 Å². The SMILES string of the molecule is COc1ccc(CCNC(=O)/C(C#N)=C\c2ccc(CN(Cc3ccccc3)S(=O)(=O)c3ccc(C)cc3)o2)cc1OC. The van der Waals surface area contributed by atoms with Crippen molar-refractivity contribution in [2.45, 2.75) is 31.3 Å². The van der Waals surface area contributed by atoms with Gasteiger partial charge in [0.2, 0.25) is 10.0 Å². The summed E-state index contributed by atoms with van der Waals surface area (Å²) in [5.74, 6) is 1.27.